The molecule has 10 nitrogen and oxygen atoms in total. The predicted octanol–water partition coefficient (Wildman–Crippen LogP) is 3.75. The molecule has 2 aromatic heterocycles. The minimum Gasteiger partial charge on any atom is -0.480 e. The molecular weight excluding hydrogens is 494 g/mol. The van der Waals surface area contributed by atoms with Crippen LogP contribution in [0.1, 0.15) is 50.9 Å². The van der Waals surface area contributed by atoms with Crippen molar-refractivity contribution in [3.8, 4) is 11.8 Å². The van der Waals surface area contributed by atoms with E-state index in [9.17, 15) is 20.0 Å². The average Bonchev–Trinajstić information content (AvgIpc) is 3.40. The van der Waals surface area contributed by atoms with Gasteiger partial charge in [0.2, 0.25) is 0 Å². The fraction of sp³-hybridized carbons (Fsp3) is 0.241. The van der Waals surface area contributed by atoms with Crippen molar-refractivity contribution in [1.29, 1.82) is 5.26 Å². The number of carboxylic acid groups (broad SMARTS) is 1. The van der Waals surface area contributed by atoms with Gasteiger partial charge in [0, 0.05) is 18.2 Å². The van der Waals surface area contributed by atoms with E-state index >= 15 is 0 Å². The van der Waals surface area contributed by atoms with Gasteiger partial charge < -0.3 is 15.7 Å². The molecule has 1 atom stereocenters. The zero-order valence-corrected chi connectivity index (χ0v) is 22.0. The third kappa shape index (κ3) is 6.64. The number of rotatable bonds is 10. The Morgan fingerprint density at radius 1 is 1.10 bits per heavy atom. The minimum atomic E-state index is -1.13. The zero-order chi connectivity index (χ0) is 27.9. The normalized spacial score (nSPS) is 11.4. The molecule has 1 amide bonds. The van der Waals surface area contributed by atoms with Crippen LogP contribution in [0, 0.1) is 25.2 Å². The molecule has 0 bridgehead atoms. The van der Waals surface area contributed by atoms with Crippen molar-refractivity contribution in [2.24, 2.45) is 0 Å². The number of carbonyl (C=O) groups excluding carboxylic acids is 1. The number of hydrogen-bond acceptors (Lipinski definition) is 7. The molecule has 0 spiro atoms. The van der Waals surface area contributed by atoms with Crippen LogP contribution in [-0.4, -0.2) is 42.8 Å². The first-order valence-corrected chi connectivity index (χ1v) is 12.5. The van der Waals surface area contributed by atoms with Gasteiger partial charge in [-0.3, -0.25) is 4.79 Å². The van der Waals surface area contributed by atoms with Gasteiger partial charge >= 0.3 is 5.97 Å². The SMILES string of the molecule is CCc1cc(C#N)cc(C)c1C(=O)NC(Cc1ccc(-n2cnc(CNc3cc(C)ccn3)n2)cc1)C(=O)O. The predicted molar refractivity (Wildman–Crippen MR) is 146 cm³/mol. The molecule has 0 saturated heterocycles. The Hall–Kier alpha value is -5.04. The van der Waals surface area contributed by atoms with E-state index in [4.69, 9.17) is 0 Å². The highest BCUT2D eigenvalue weighted by atomic mass is 16.4. The first-order chi connectivity index (χ1) is 18.8. The molecular formula is C29H29N7O3. The van der Waals surface area contributed by atoms with E-state index in [1.807, 2.05) is 38.1 Å². The Kier molecular flexibility index (Phi) is 8.31. The van der Waals surface area contributed by atoms with Crippen molar-refractivity contribution < 1.29 is 14.7 Å². The lowest BCUT2D eigenvalue weighted by atomic mass is 9.96. The second kappa shape index (κ2) is 12.0. The number of aryl methyl sites for hydroxylation is 3. The Labute approximate surface area is 226 Å². The van der Waals surface area contributed by atoms with Gasteiger partial charge in [0.1, 0.15) is 18.2 Å². The molecule has 4 aromatic rings. The molecule has 4 rings (SSSR count). The van der Waals surface area contributed by atoms with Gasteiger partial charge in [-0.25, -0.2) is 19.4 Å². The highest BCUT2D eigenvalue weighted by molar-refractivity contribution is 5.99. The van der Waals surface area contributed by atoms with Crippen molar-refractivity contribution in [3.63, 3.8) is 0 Å². The lowest BCUT2D eigenvalue weighted by molar-refractivity contribution is -0.139. The van der Waals surface area contributed by atoms with Gasteiger partial charge in [0.15, 0.2) is 5.82 Å². The van der Waals surface area contributed by atoms with Crippen molar-refractivity contribution in [2.45, 2.75) is 46.2 Å². The Balaban J connectivity index is 1.42. The number of nitriles is 1. The Morgan fingerprint density at radius 2 is 1.87 bits per heavy atom. The summed E-state index contributed by atoms with van der Waals surface area (Å²) < 4.78 is 1.64. The van der Waals surface area contributed by atoms with Crippen LogP contribution in [0.15, 0.2) is 61.1 Å². The van der Waals surface area contributed by atoms with Gasteiger partial charge in [0.25, 0.3) is 5.91 Å². The van der Waals surface area contributed by atoms with Crippen LogP contribution in [0.5, 0.6) is 0 Å². The van der Waals surface area contributed by atoms with Crippen LogP contribution in [-0.2, 0) is 24.2 Å². The van der Waals surface area contributed by atoms with Crippen molar-refractivity contribution in [2.75, 3.05) is 5.32 Å². The molecule has 0 radical (unpaired) electrons. The molecule has 0 aliphatic rings. The van der Waals surface area contributed by atoms with Gasteiger partial charge in [-0.15, -0.1) is 5.10 Å². The molecule has 2 aromatic carbocycles. The number of pyridine rings is 1. The number of carbonyl (C=O) groups is 2. The minimum absolute atomic E-state index is 0.105. The molecule has 2 heterocycles. The number of nitrogens with one attached hydrogen (secondary N) is 2. The lowest BCUT2D eigenvalue weighted by Gasteiger charge is -2.18. The summed E-state index contributed by atoms with van der Waals surface area (Å²) in [7, 11) is 0. The van der Waals surface area contributed by atoms with E-state index in [0.717, 1.165) is 22.6 Å². The number of aromatic nitrogens is 4. The van der Waals surface area contributed by atoms with E-state index in [0.29, 0.717) is 41.0 Å². The van der Waals surface area contributed by atoms with Crippen LogP contribution < -0.4 is 10.6 Å². The molecule has 198 valence electrons. The zero-order valence-electron chi connectivity index (χ0n) is 22.0. The quantitative estimate of drug-likeness (QED) is 0.285. The first-order valence-electron chi connectivity index (χ1n) is 12.5. The summed E-state index contributed by atoms with van der Waals surface area (Å²) >= 11 is 0. The Bertz CT molecular complexity index is 1540. The highest BCUT2D eigenvalue weighted by Gasteiger charge is 2.24. The standard InChI is InChI=1S/C29H29N7O3/c1-4-22-13-21(15-30)12-19(3)27(22)28(37)34-24(29(38)39)14-20-5-7-23(8-6-20)36-17-33-26(35-36)16-32-25-11-18(2)9-10-31-25/h5-13,17,24H,4,14,16H2,1-3H3,(H,31,32)(H,34,37)(H,38,39). The molecule has 10 heteroatoms. The monoisotopic (exact) mass is 523 g/mol. The second-order valence-electron chi connectivity index (χ2n) is 9.20. The molecule has 3 N–H and O–H groups in total. The van der Waals surface area contributed by atoms with E-state index in [1.54, 1.807) is 48.4 Å². The number of hydrogen-bond donors (Lipinski definition) is 3. The van der Waals surface area contributed by atoms with E-state index in [2.05, 4.69) is 31.8 Å². The Morgan fingerprint density at radius 3 is 2.54 bits per heavy atom. The number of carboxylic acids is 1. The number of amides is 1. The topological polar surface area (TPSA) is 146 Å². The van der Waals surface area contributed by atoms with Gasteiger partial charge in [0.05, 0.1) is 23.9 Å². The number of aliphatic carboxylic acids is 1. The van der Waals surface area contributed by atoms with Crippen molar-refractivity contribution in [3.05, 3.63) is 100 Å². The molecule has 0 aliphatic heterocycles. The van der Waals surface area contributed by atoms with Crippen LogP contribution in [0.4, 0.5) is 5.82 Å². The summed E-state index contributed by atoms with van der Waals surface area (Å²) in [6.07, 6.45) is 4.00. The van der Waals surface area contributed by atoms with E-state index in [1.165, 1.54) is 0 Å². The summed E-state index contributed by atoms with van der Waals surface area (Å²) in [4.78, 5) is 33.7. The summed E-state index contributed by atoms with van der Waals surface area (Å²) in [5.41, 5.74) is 4.83. The summed E-state index contributed by atoms with van der Waals surface area (Å²) in [5.74, 6) is -0.257. The fourth-order valence-electron chi connectivity index (χ4n) is 4.28. The second-order valence-corrected chi connectivity index (χ2v) is 9.20. The average molecular weight is 524 g/mol. The molecule has 39 heavy (non-hydrogen) atoms. The molecule has 0 aliphatic carbocycles. The maximum absolute atomic E-state index is 13.1. The summed E-state index contributed by atoms with van der Waals surface area (Å²) in [6.45, 7) is 6.04. The number of benzene rings is 2. The highest BCUT2D eigenvalue weighted by Crippen LogP contribution is 2.19. The molecule has 0 fully saturated rings. The largest absolute Gasteiger partial charge is 0.480 e. The van der Waals surface area contributed by atoms with Crippen molar-refractivity contribution in [1.82, 2.24) is 25.1 Å². The van der Waals surface area contributed by atoms with Crippen LogP contribution in [0.3, 0.4) is 0 Å². The van der Waals surface area contributed by atoms with Gasteiger partial charge in [-0.2, -0.15) is 5.26 Å². The van der Waals surface area contributed by atoms with Crippen LogP contribution >= 0.6 is 0 Å². The summed E-state index contributed by atoms with van der Waals surface area (Å²) in [6, 6.07) is 15.4. The van der Waals surface area contributed by atoms with Gasteiger partial charge in [-0.1, -0.05) is 19.1 Å². The third-order valence-corrected chi connectivity index (χ3v) is 6.28. The van der Waals surface area contributed by atoms with Crippen LogP contribution in [0.2, 0.25) is 0 Å². The molecule has 0 saturated carbocycles. The maximum atomic E-state index is 13.1. The van der Waals surface area contributed by atoms with E-state index < -0.39 is 17.9 Å². The van der Waals surface area contributed by atoms with E-state index in [-0.39, 0.29) is 6.42 Å². The fourth-order valence-corrected chi connectivity index (χ4v) is 4.28. The van der Waals surface area contributed by atoms with Crippen LogP contribution in [0.25, 0.3) is 5.69 Å². The lowest BCUT2D eigenvalue weighted by Crippen LogP contribution is -2.42. The maximum Gasteiger partial charge on any atom is 0.326 e. The van der Waals surface area contributed by atoms with Gasteiger partial charge in [-0.05, 0) is 78.9 Å². The summed E-state index contributed by atoms with van der Waals surface area (Å²) in [5, 5.41) is 29.4. The van der Waals surface area contributed by atoms with Crippen molar-refractivity contribution >= 4 is 17.7 Å². The first kappa shape index (κ1) is 27.0. The number of nitrogens with zero attached hydrogens (tertiary/aromatic N) is 5. The number of anilines is 1. The smallest absolute Gasteiger partial charge is 0.326 e. The molecule has 1 unspecified atom stereocenters. The third-order valence-electron chi connectivity index (χ3n) is 6.28.